The van der Waals surface area contributed by atoms with E-state index in [1.807, 2.05) is 25.1 Å². The van der Waals surface area contributed by atoms with E-state index in [4.69, 9.17) is 9.47 Å². The molecule has 1 fully saturated rings. The van der Waals surface area contributed by atoms with E-state index in [1.54, 1.807) is 14.0 Å². The highest BCUT2D eigenvalue weighted by Crippen LogP contribution is 2.36. The maximum Gasteiger partial charge on any atom is 0.314 e. The van der Waals surface area contributed by atoms with E-state index in [0.717, 1.165) is 48.1 Å². The first-order valence-electron chi connectivity index (χ1n) is 11.1. The molecule has 0 amide bonds. The first-order valence-corrected chi connectivity index (χ1v) is 11.1. The van der Waals surface area contributed by atoms with Crippen molar-refractivity contribution in [1.82, 2.24) is 0 Å². The fourth-order valence-corrected chi connectivity index (χ4v) is 4.51. The Balaban J connectivity index is 1.73. The Bertz CT molecular complexity index is 965. The lowest BCUT2D eigenvalue weighted by atomic mass is 9.77. The number of carbonyl (C=O) groups is 2. The summed E-state index contributed by atoms with van der Waals surface area (Å²) < 4.78 is 11.2. The molecule has 2 aromatic carbocycles. The molecule has 0 unspecified atom stereocenters. The number of Topliss-reactive ketones (excluding diaryl/α,β-unsaturated/α-hetero) is 1. The van der Waals surface area contributed by atoms with Crippen LogP contribution in [0.4, 0.5) is 0 Å². The number of methoxy groups -OCH3 is 1. The molecule has 4 heteroatoms. The minimum Gasteiger partial charge on any atom is -0.496 e. The number of hydrogen-bond acceptors (Lipinski definition) is 4. The Morgan fingerprint density at radius 1 is 0.839 bits per heavy atom. The average molecular weight is 423 g/mol. The van der Waals surface area contributed by atoms with E-state index in [9.17, 15) is 9.59 Å². The maximum absolute atomic E-state index is 12.7. The zero-order valence-corrected chi connectivity index (χ0v) is 19.6. The van der Waals surface area contributed by atoms with Gasteiger partial charge in [0.25, 0.3) is 0 Å². The Labute approximate surface area is 186 Å². The highest BCUT2D eigenvalue weighted by molar-refractivity contribution is 5.79. The van der Waals surface area contributed by atoms with Crippen molar-refractivity contribution in [2.75, 3.05) is 7.11 Å². The van der Waals surface area contributed by atoms with Crippen LogP contribution >= 0.6 is 0 Å². The number of benzene rings is 2. The van der Waals surface area contributed by atoms with Gasteiger partial charge in [-0.3, -0.25) is 9.59 Å². The van der Waals surface area contributed by atoms with Crippen molar-refractivity contribution in [2.45, 2.75) is 65.7 Å². The zero-order chi connectivity index (χ0) is 22.8. The summed E-state index contributed by atoms with van der Waals surface area (Å²) in [6, 6.07) is 12.3. The lowest BCUT2D eigenvalue weighted by Crippen LogP contribution is -2.28. The van der Waals surface area contributed by atoms with Gasteiger partial charge >= 0.3 is 5.97 Å². The van der Waals surface area contributed by atoms with Crippen LogP contribution in [0.15, 0.2) is 36.4 Å². The van der Waals surface area contributed by atoms with Crippen LogP contribution in [-0.4, -0.2) is 18.9 Å². The van der Waals surface area contributed by atoms with E-state index in [1.165, 1.54) is 5.56 Å². The largest absolute Gasteiger partial charge is 0.496 e. The van der Waals surface area contributed by atoms with Crippen LogP contribution in [-0.2, 0) is 15.0 Å². The number of hydrogen-bond donors (Lipinski definition) is 0. The van der Waals surface area contributed by atoms with Crippen LogP contribution in [0.5, 0.6) is 11.5 Å². The van der Waals surface area contributed by atoms with E-state index in [2.05, 4.69) is 39.0 Å². The molecule has 31 heavy (non-hydrogen) atoms. The molecule has 0 N–H and O–H groups in total. The number of aryl methyl sites for hydroxylation is 2. The standard InChI is InChI=1S/C27H34O4/c1-17-15-22(11-13-24(17)30-6)27(4,5)23-12-14-25(18(2)16-23)31-26(29)21-9-7-20(8-10-21)19(3)28/h11-16,20-21H,7-10H2,1-6H3. The van der Waals surface area contributed by atoms with Crippen molar-refractivity contribution in [2.24, 2.45) is 11.8 Å². The highest BCUT2D eigenvalue weighted by atomic mass is 16.5. The monoisotopic (exact) mass is 422 g/mol. The van der Waals surface area contributed by atoms with Crippen LogP contribution in [0.1, 0.15) is 68.7 Å². The van der Waals surface area contributed by atoms with E-state index < -0.39 is 0 Å². The molecule has 2 aromatic rings. The molecular formula is C27H34O4. The molecule has 0 bridgehead atoms. The topological polar surface area (TPSA) is 52.6 Å². The molecule has 166 valence electrons. The summed E-state index contributed by atoms with van der Waals surface area (Å²) in [6.45, 7) is 10.1. The van der Waals surface area contributed by atoms with Crippen molar-refractivity contribution >= 4 is 11.8 Å². The van der Waals surface area contributed by atoms with Crippen molar-refractivity contribution < 1.29 is 19.1 Å². The smallest absolute Gasteiger partial charge is 0.314 e. The molecular weight excluding hydrogens is 388 g/mol. The number of rotatable bonds is 6. The molecule has 1 aliphatic rings. The van der Waals surface area contributed by atoms with Gasteiger partial charge in [0.15, 0.2) is 0 Å². The molecule has 0 atom stereocenters. The summed E-state index contributed by atoms with van der Waals surface area (Å²) in [5, 5.41) is 0. The summed E-state index contributed by atoms with van der Waals surface area (Å²) in [4.78, 5) is 24.2. The minimum absolute atomic E-state index is 0.105. The summed E-state index contributed by atoms with van der Waals surface area (Å²) in [6.07, 6.45) is 3.01. The summed E-state index contributed by atoms with van der Waals surface area (Å²) >= 11 is 0. The lowest BCUT2D eigenvalue weighted by molar-refractivity contribution is -0.141. The van der Waals surface area contributed by atoms with Gasteiger partial charge in [0, 0.05) is 11.3 Å². The van der Waals surface area contributed by atoms with E-state index >= 15 is 0 Å². The van der Waals surface area contributed by atoms with Gasteiger partial charge < -0.3 is 9.47 Å². The Morgan fingerprint density at radius 3 is 1.77 bits per heavy atom. The second-order valence-electron chi connectivity index (χ2n) is 9.37. The third kappa shape index (κ3) is 5.00. The van der Waals surface area contributed by atoms with Gasteiger partial charge in [-0.15, -0.1) is 0 Å². The van der Waals surface area contributed by atoms with Crippen molar-refractivity contribution in [3.63, 3.8) is 0 Å². The van der Waals surface area contributed by atoms with Crippen LogP contribution in [0, 0.1) is 25.7 Å². The summed E-state index contributed by atoms with van der Waals surface area (Å²) in [5.41, 5.74) is 4.22. The normalized spacial score (nSPS) is 19.0. The number of esters is 1. The number of ether oxygens (including phenoxy) is 2. The first kappa shape index (κ1) is 23.1. The second kappa shape index (κ2) is 9.25. The van der Waals surface area contributed by atoms with Gasteiger partial charge in [0.05, 0.1) is 13.0 Å². The minimum atomic E-state index is -0.199. The van der Waals surface area contributed by atoms with Gasteiger partial charge in [-0.25, -0.2) is 0 Å². The molecule has 3 rings (SSSR count). The van der Waals surface area contributed by atoms with Crippen LogP contribution in [0.2, 0.25) is 0 Å². The molecule has 1 aliphatic carbocycles. The fraction of sp³-hybridized carbons (Fsp3) is 0.481. The summed E-state index contributed by atoms with van der Waals surface area (Å²) in [7, 11) is 1.69. The molecule has 0 spiro atoms. The SMILES string of the molecule is COc1ccc(C(C)(C)c2ccc(OC(=O)C3CCC(C(C)=O)CC3)c(C)c2)cc1C. The highest BCUT2D eigenvalue weighted by Gasteiger charge is 2.30. The van der Waals surface area contributed by atoms with Gasteiger partial charge in [0.2, 0.25) is 0 Å². The van der Waals surface area contributed by atoms with Crippen molar-refractivity contribution in [3.8, 4) is 11.5 Å². The number of ketones is 1. The van der Waals surface area contributed by atoms with Crippen molar-refractivity contribution in [1.29, 1.82) is 0 Å². The molecule has 4 nitrogen and oxygen atoms in total. The summed E-state index contributed by atoms with van der Waals surface area (Å²) in [5.74, 6) is 1.54. The Kier molecular flexibility index (Phi) is 6.88. The fourth-order valence-electron chi connectivity index (χ4n) is 4.51. The third-order valence-corrected chi connectivity index (χ3v) is 6.86. The lowest BCUT2D eigenvalue weighted by Gasteiger charge is -2.28. The first-order chi connectivity index (χ1) is 14.6. The Hall–Kier alpha value is -2.62. The third-order valence-electron chi connectivity index (χ3n) is 6.86. The molecule has 0 aliphatic heterocycles. The van der Waals surface area contributed by atoms with E-state index in [-0.39, 0.29) is 29.0 Å². The maximum atomic E-state index is 12.7. The molecule has 0 heterocycles. The predicted octanol–water partition coefficient (Wildman–Crippen LogP) is 5.94. The van der Waals surface area contributed by atoms with Gasteiger partial charge in [0.1, 0.15) is 17.3 Å². The molecule has 0 saturated heterocycles. The van der Waals surface area contributed by atoms with E-state index in [0.29, 0.717) is 5.75 Å². The zero-order valence-electron chi connectivity index (χ0n) is 19.6. The predicted molar refractivity (Wildman–Crippen MR) is 123 cm³/mol. The Morgan fingerprint density at radius 2 is 1.32 bits per heavy atom. The quantitative estimate of drug-likeness (QED) is 0.427. The molecule has 0 aromatic heterocycles. The second-order valence-corrected chi connectivity index (χ2v) is 9.37. The van der Waals surface area contributed by atoms with Crippen LogP contribution < -0.4 is 9.47 Å². The average Bonchev–Trinajstić information content (AvgIpc) is 2.75. The molecule has 1 saturated carbocycles. The van der Waals surface area contributed by atoms with Gasteiger partial charge in [-0.1, -0.05) is 38.1 Å². The van der Waals surface area contributed by atoms with Crippen LogP contribution in [0.25, 0.3) is 0 Å². The number of carbonyl (C=O) groups excluding carboxylic acids is 2. The van der Waals surface area contributed by atoms with Crippen molar-refractivity contribution in [3.05, 3.63) is 58.7 Å². The molecule has 0 radical (unpaired) electrons. The van der Waals surface area contributed by atoms with Gasteiger partial charge in [-0.05, 0) is 80.8 Å². The van der Waals surface area contributed by atoms with Gasteiger partial charge in [-0.2, -0.15) is 0 Å². The van der Waals surface area contributed by atoms with Crippen LogP contribution in [0.3, 0.4) is 0 Å².